The van der Waals surface area contributed by atoms with Gasteiger partial charge in [0.25, 0.3) is 5.91 Å². The second kappa shape index (κ2) is 7.28. The number of hydrogen-bond donors (Lipinski definition) is 2. The number of aliphatic hydroxyl groups is 1. The summed E-state index contributed by atoms with van der Waals surface area (Å²) in [5.74, 6) is 1.57. The number of nitrogens with one attached hydrogen (secondary N) is 1. The third-order valence-corrected chi connectivity index (χ3v) is 5.37. The smallest absolute Gasteiger partial charge is 0.259 e. The van der Waals surface area contributed by atoms with Crippen LogP contribution in [0.15, 0.2) is 30.7 Å². The Labute approximate surface area is 167 Å². The molecule has 2 N–H and O–H groups in total. The molecule has 0 spiro atoms. The monoisotopic (exact) mass is 394 g/mol. The zero-order chi connectivity index (χ0) is 19.8. The molecule has 2 aliphatic rings. The minimum Gasteiger partial charge on any atom is -0.391 e. The molecule has 2 fully saturated rings. The van der Waals surface area contributed by atoms with E-state index in [9.17, 15) is 9.90 Å². The zero-order valence-electron chi connectivity index (χ0n) is 15.9. The van der Waals surface area contributed by atoms with Crippen LogP contribution in [-0.4, -0.2) is 67.9 Å². The maximum atomic E-state index is 12.7. The maximum absolute atomic E-state index is 12.7. The number of amides is 1. The second-order valence-electron chi connectivity index (χ2n) is 7.41. The Bertz CT molecular complexity index is 1030. The Morgan fingerprint density at radius 2 is 1.83 bits per heavy atom. The molecule has 0 radical (unpaired) electrons. The molecule has 10 nitrogen and oxygen atoms in total. The van der Waals surface area contributed by atoms with Crippen molar-refractivity contribution in [3.8, 4) is 0 Å². The number of carbonyl (C=O) groups is 1. The van der Waals surface area contributed by atoms with Crippen LogP contribution in [0, 0.1) is 0 Å². The van der Waals surface area contributed by atoms with Crippen LogP contribution < -0.4 is 15.1 Å². The number of aliphatic hydroxyl groups excluding tert-OH is 1. The quantitative estimate of drug-likeness (QED) is 0.673. The summed E-state index contributed by atoms with van der Waals surface area (Å²) in [5, 5.41) is 17.1. The van der Waals surface area contributed by atoms with Gasteiger partial charge >= 0.3 is 0 Å². The van der Waals surface area contributed by atoms with E-state index in [0.717, 1.165) is 18.9 Å². The van der Waals surface area contributed by atoms with Gasteiger partial charge in [-0.1, -0.05) is 0 Å². The summed E-state index contributed by atoms with van der Waals surface area (Å²) in [6.45, 7) is 3.21. The first kappa shape index (κ1) is 17.8. The van der Waals surface area contributed by atoms with Crippen LogP contribution in [0.1, 0.15) is 29.6 Å². The highest BCUT2D eigenvalue weighted by atomic mass is 16.3. The topological polar surface area (TPSA) is 112 Å². The molecule has 3 aromatic rings. The van der Waals surface area contributed by atoms with Crippen molar-refractivity contribution in [2.75, 3.05) is 41.3 Å². The molecule has 0 bridgehead atoms. The molecule has 1 unspecified atom stereocenters. The van der Waals surface area contributed by atoms with E-state index in [2.05, 4.69) is 30.3 Å². The Morgan fingerprint density at radius 1 is 1.03 bits per heavy atom. The van der Waals surface area contributed by atoms with Gasteiger partial charge in [0.05, 0.1) is 17.9 Å². The second-order valence-corrected chi connectivity index (χ2v) is 7.41. The third-order valence-electron chi connectivity index (χ3n) is 5.37. The van der Waals surface area contributed by atoms with Gasteiger partial charge in [0.1, 0.15) is 5.82 Å². The largest absolute Gasteiger partial charge is 0.391 e. The van der Waals surface area contributed by atoms with Crippen molar-refractivity contribution in [2.45, 2.75) is 25.4 Å². The fourth-order valence-electron chi connectivity index (χ4n) is 3.78. The zero-order valence-corrected chi connectivity index (χ0v) is 15.9. The number of fused-ring (bicyclic) bond motifs is 1. The van der Waals surface area contributed by atoms with Crippen LogP contribution >= 0.6 is 0 Å². The van der Waals surface area contributed by atoms with Crippen molar-refractivity contribution in [3.05, 3.63) is 36.3 Å². The van der Waals surface area contributed by atoms with E-state index < -0.39 is 0 Å². The van der Waals surface area contributed by atoms with E-state index in [1.165, 1.54) is 25.2 Å². The van der Waals surface area contributed by atoms with E-state index in [4.69, 9.17) is 0 Å². The van der Waals surface area contributed by atoms with Crippen LogP contribution in [0.3, 0.4) is 0 Å². The summed E-state index contributed by atoms with van der Waals surface area (Å²) in [4.78, 5) is 29.6. The van der Waals surface area contributed by atoms with Gasteiger partial charge in [-0.2, -0.15) is 4.52 Å². The summed E-state index contributed by atoms with van der Waals surface area (Å²) in [7, 11) is 0. The van der Waals surface area contributed by atoms with Crippen molar-refractivity contribution >= 4 is 29.1 Å². The number of β-amino-alcohol motifs (C(OH)–C–C–N with tert-alkyl or cyclic N) is 1. The SMILES string of the molecule is O=C(Nc1cnc2ccc(N3CCCC3)nn12)c1cnc(N2CCC(O)C2)nc1. The Kier molecular flexibility index (Phi) is 4.47. The number of nitrogens with zero attached hydrogens (tertiary/aromatic N) is 7. The van der Waals surface area contributed by atoms with Crippen molar-refractivity contribution in [2.24, 2.45) is 0 Å². The number of carbonyl (C=O) groups excluding carboxylic acids is 1. The molecule has 5 heterocycles. The van der Waals surface area contributed by atoms with Crippen molar-refractivity contribution in [3.63, 3.8) is 0 Å². The minimum atomic E-state index is -0.352. The minimum absolute atomic E-state index is 0.326. The first-order valence-corrected chi connectivity index (χ1v) is 9.83. The molecule has 2 saturated heterocycles. The molecule has 0 aliphatic carbocycles. The first-order valence-electron chi connectivity index (χ1n) is 9.83. The lowest BCUT2D eigenvalue weighted by atomic mass is 10.3. The van der Waals surface area contributed by atoms with E-state index >= 15 is 0 Å². The molecule has 5 rings (SSSR count). The lowest BCUT2D eigenvalue weighted by molar-refractivity contribution is 0.102. The van der Waals surface area contributed by atoms with Crippen LogP contribution in [0.5, 0.6) is 0 Å². The predicted molar refractivity (Wildman–Crippen MR) is 107 cm³/mol. The molecule has 150 valence electrons. The normalized spacial score (nSPS) is 19.3. The summed E-state index contributed by atoms with van der Waals surface area (Å²) >= 11 is 0. The predicted octanol–water partition coefficient (Wildman–Crippen LogP) is 0.943. The standard InChI is InChI=1S/C19H22N8O2/c28-14-5-8-26(12-14)19-21-9-13(10-22-19)18(29)23-17-11-20-15-3-4-16(24-27(15)17)25-6-1-2-7-25/h3-4,9-11,14,28H,1-2,5-8,12H2,(H,23,29). The molecule has 0 saturated carbocycles. The van der Waals surface area contributed by atoms with Gasteiger partial charge in [-0.25, -0.2) is 15.0 Å². The summed E-state index contributed by atoms with van der Waals surface area (Å²) in [5.41, 5.74) is 1.02. The molecule has 0 aromatic carbocycles. The average molecular weight is 394 g/mol. The van der Waals surface area contributed by atoms with Crippen LogP contribution in [0.25, 0.3) is 5.65 Å². The van der Waals surface area contributed by atoms with E-state index in [1.54, 1.807) is 10.7 Å². The van der Waals surface area contributed by atoms with Crippen LogP contribution in [0.2, 0.25) is 0 Å². The number of imidazole rings is 1. The summed E-state index contributed by atoms with van der Waals surface area (Å²) < 4.78 is 1.65. The Hall–Kier alpha value is -3.27. The molecule has 1 amide bonds. The summed E-state index contributed by atoms with van der Waals surface area (Å²) in [6, 6.07) is 3.86. The highest BCUT2D eigenvalue weighted by Crippen LogP contribution is 2.20. The molecular formula is C19H22N8O2. The van der Waals surface area contributed by atoms with Crippen molar-refractivity contribution in [1.82, 2.24) is 24.6 Å². The lowest BCUT2D eigenvalue weighted by Gasteiger charge is -2.16. The summed E-state index contributed by atoms with van der Waals surface area (Å²) in [6.07, 6.45) is 7.26. The van der Waals surface area contributed by atoms with Gasteiger partial charge in [-0.15, -0.1) is 5.10 Å². The molecule has 10 heteroatoms. The molecule has 1 atom stereocenters. The van der Waals surface area contributed by atoms with E-state index in [-0.39, 0.29) is 12.0 Å². The van der Waals surface area contributed by atoms with E-state index in [0.29, 0.717) is 42.5 Å². The van der Waals surface area contributed by atoms with Gasteiger partial charge in [-0.05, 0) is 31.4 Å². The maximum Gasteiger partial charge on any atom is 0.259 e. The van der Waals surface area contributed by atoms with Gasteiger partial charge in [-0.3, -0.25) is 4.79 Å². The van der Waals surface area contributed by atoms with Crippen molar-refractivity contribution in [1.29, 1.82) is 0 Å². The number of hydrogen-bond acceptors (Lipinski definition) is 8. The van der Waals surface area contributed by atoms with Gasteiger partial charge < -0.3 is 20.2 Å². The highest BCUT2D eigenvalue weighted by molar-refractivity contribution is 6.03. The van der Waals surface area contributed by atoms with Gasteiger partial charge in [0.15, 0.2) is 11.5 Å². The lowest BCUT2D eigenvalue weighted by Crippen LogP contribution is -2.24. The fourth-order valence-corrected chi connectivity index (χ4v) is 3.78. The van der Waals surface area contributed by atoms with Crippen molar-refractivity contribution < 1.29 is 9.90 Å². The fraction of sp³-hybridized carbons (Fsp3) is 0.421. The first-order chi connectivity index (χ1) is 14.2. The molecule has 3 aromatic heterocycles. The Balaban J connectivity index is 1.33. The van der Waals surface area contributed by atoms with Crippen LogP contribution in [-0.2, 0) is 0 Å². The van der Waals surface area contributed by atoms with Gasteiger partial charge in [0.2, 0.25) is 5.95 Å². The molecular weight excluding hydrogens is 372 g/mol. The highest BCUT2D eigenvalue weighted by Gasteiger charge is 2.22. The molecule has 2 aliphatic heterocycles. The average Bonchev–Trinajstić information content (AvgIpc) is 3.49. The number of aromatic nitrogens is 5. The third kappa shape index (κ3) is 3.46. The molecule has 29 heavy (non-hydrogen) atoms. The van der Waals surface area contributed by atoms with E-state index in [1.807, 2.05) is 17.0 Å². The Morgan fingerprint density at radius 3 is 2.55 bits per heavy atom. The van der Waals surface area contributed by atoms with Gasteiger partial charge in [0, 0.05) is 38.6 Å². The van der Waals surface area contributed by atoms with Crippen LogP contribution in [0.4, 0.5) is 17.6 Å². The number of anilines is 3. The number of rotatable bonds is 4.